The Bertz CT molecular complexity index is 1080. The number of amides is 1. The van der Waals surface area contributed by atoms with Crippen molar-refractivity contribution in [1.29, 1.82) is 0 Å². The molecule has 2 aromatic rings. The van der Waals surface area contributed by atoms with Gasteiger partial charge in [-0.15, -0.1) is 0 Å². The van der Waals surface area contributed by atoms with Gasteiger partial charge in [-0.05, 0) is 38.3 Å². The third-order valence-electron chi connectivity index (χ3n) is 6.85. The summed E-state index contributed by atoms with van der Waals surface area (Å²) in [6.45, 7) is 8.11. The number of hydrogen-bond acceptors (Lipinski definition) is 5. The Labute approximate surface area is 211 Å². The highest BCUT2D eigenvalue weighted by atomic mass is 19.1. The van der Waals surface area contributed by atoms with Crippen molar-refractivity contribution < 1.29 is 23.2 Å². The maximum Gasteiger partial charge on any atom is 0.224 e. The first kappa shape index (κ1) is 27.6. The van der Waals surface area contributed by atoms with E-state index in [1.165, 1.54) is 18.3 Å². The van der Waals surface area contributed by atoms with Crippen LogP contribution in [0.2, 0.25) is 0 Å². The summed E-state index contributed by atoms with van der Waals surface area (Å²) < 4.78 is 27.4. The Hall–Kier alpha value is -2.94. The molecule has 1 amide bonds. The molecule has 36 heavy (non-hydrogen) atoms. The van der Waals surface area contributed by atoms with Gasteiger partial charge >= 0.3 is 0 Å². The van der Waals surface area contributed by atoms with Crippen LogP contribution in [0.15, 0.2) is 24.4 Å². The van der Waals surface area contributed by atoms with E-state index in [9.17, 15) is 23.2 Å². The van der Waals surface area contributed by atoms with Gasteiger partial charge in [-0.3, -0.25) is 14.4 Å². The SMILES string of the molecule is CC(C)C(=O)CN[C@@H](CC(=O)N1CCCC[C@@H]1C)C(=O)C[C@@H](C)c1ncc(-c2ccc(F)cc2F)[nH]1. The Balaban J connectivity index is 1.70. The number of likely N-dealkylation sites (tertiary alicyclic amines) is 1. The average molecular weight is 503 g/mol. The number of rotatable bonds is 11. The van der Waals surface area contributed by atoms with Crippen LogP contribution in [0.5, 0.6) is 0 Å². The number of H-pyrrole nitrogens is 1. The lowest BCUT2D eigenvalue weighted by Crippen LogP contribution is -2.48. The van der Waals surface area contributed by atoms with E-state index in [-0.39, 0.29) is 60.3 Å². The van der Waals surface area contributed by atoms with Gasteiger partial charge in [0, 0.05) is 48.9 Å². The minimum absolute atomic E-state index is 0.00847. The number of ketones is 2. The number of imidazole rings is 1. The molecule has 196 valence electrons. The van der Waals surface area contributed by atoms with Crippen molar-refractivity contribution in [1.82, 2.24) is 20.2 Å². The zero-order valence-electron chi connectivity index (χ0n) is 21.4. The van der Waals surface area contributed by atoms with Gasteiger partial charge in [0.15, 0.2) is 5.78 Å². The molecule has 1 aromatic heterocycles. The summed E-state index contributed by atoms with van der Waals surface area (Å²) in [6, 6.07) is 2.64. The Morgan fingerprint density at radius 3 is 2.56 bits per heavy atom. The fourth-order valence-corrected chi connectivity index (χ4v) is 4.46. The lowest BCUT2D eigenvalue weighted by molar-refractivity contribution is -0.137. The number of aromatic amines is 1. The Morgan fingerprint density at radius 2 is 1.89 bits per heavy atom. The summed E-state index contributed by atoms with van der Waals surface area (Å²) in [7, 11) is 0. The van der Waals surface area contributed by atoms with Crippen LogP contribution < -0.4 is 5.32 Å². The van der Waals surface area contributed by atoms with Crippen molar-refractivity contribution in [2.75, 3.05) is 13.1 Å². The quantitative estimate of drug-likeness (QED) is 0.475. The molecule has 0 unspecified atom stereocenters. The number of nitrogens with zero attached hydrogens (tertiary/aromatic N) is 2. The molecule has 9 heteroatoms. The molecule has 0 aliphatic carbocycles. The van der Waals surface area contributed by atoms with Crippen LogP contribution in [0.25, 0.3) is 11.3 Å². The van der Waals surface area contributed by atoms with Crippen molar-refractivity contribution in [2.45, 2.75) is 77.8 Å². The van der Waals surface area contributed by atoms with Gasteiger partial charge < -0.3 is 15.2 Å². The molecule has 0 radical (unpaired) electrons. The van der Waals surface area contributed by atoms with Gasteiger partial charge in [0.05, 0.1) is 24.5 Å². The molecule has 1 fully saturated rings. The number of hydrogen-bond donors (Lipinski definition) is 2. The highest BCUT2D eigenvalue weighted by molar-refractivity contribution is 5.91. The van der Waals surface area contributed by atoms with E-state index < -0.39 is 17.7 Å². The summed E-state index contributed by atoms with van der Waals surface area (Å²) in [5.41, 5.74) is 0.565. The van der Waals surface area contributed by atoms with Crippen molar-refractivity contribution in [3.05, 3.63) is 41.9 Å². The standard InChI is InChI=1S/C27H36F2N4O3/c1-16(2)25(35)15-30-22(13-26(36)33-10-6-5-7-18(33)4)24(34)11-17(3)27-31-14-23(32-27)20-9-8-19(28)12-21(20)29/h8-9,12,14,16-18,22,30H,5-7,10-11,13,15H2,1-4H3,(H,31,32)/t17-,18+,22+/m1/s1. The number of carbonyl (C=O) groups excluding carboxylic acids is 3. The Kier molecular flexibility index (Phi) is 9.48. The van der Waals surface area contributed by atoms with Gasteiger partial charge in [-0.1, -0.05) is 20.8 Å². The predicted octanol–water partition coefficient (Wildman–Crippen LogP) is 4.39. The molecular weight excluding hydrogens is 466 g/mol. The maximum atomic E-state index is 14.2. The molecule has 3 rings (SSSR count). The summed E-state index contributed by atoms with van der Waals surface area (Å²) >= 11 is 0. The van der Waals surface area contributed by atoms with Gasteiger partial charge in [-0.2, -0.15) is 0 Å². The number of halogens is 2. The second kappa shape index (κ2) is 12.3. The van der Waals surface area contributed by atoms with Crippen LogP contribution in [0.1, 0.15) is 71.5 Å². The van der Waals surface area contributed by atoms with E-state index >= 15 is 0 Å². The first-order chi connectivity index (χ1) is 17.1. The lowest BCUT2D eigenvalue weighted by Gasteiger charge is -2.34. The van der Waals surface area contributed by atoms with Crippen LogP contribution in [-0.4, -0.2) is 57.5 Å². The van der Waals surface area contributed by atoms with Crippen molar-refractivity contribution in [3.63, 3.8) is 0 Å². The lowest BCUT2D eigenvalue weighted by atomic mass is 9.96. The van der Waals surface area contributed by atoms with Crippen molar-refractivity contribution >= 4 is 17.5 Å². The van der Waals surface area contributed by atoms with E-state index in [1.807, 2.05) is 18.7 Å². The van der Waals surface area contributed by atoms with Crippen LogP contribution >= 0.6 is 0 Å². The molecule has 1 aliphatic rings. The predicted molar refractivity (Wildman–Crippen MR) is 133 cm³/mol. The molecule has 2 N–H and O–H groups in total. The molecule has 1 aromatic carbocycles. The Morgan fingerprint density at radius 1 is 1.14 bits per heavy atom. The topological polar surface area (TPSA) is 95.2 Å². The highest BCUT2D eigenvalue weighted by Gasteiger charge is 2.30. The second-order valence-electron chi connectivity index (χ2n) is 10.1. The molecule has 1 saturated heterocycles. The number of carbonyl (C=O) groups is 3. The van der Waals surface area contributed by atoms with Gasteiger partial charge in [0.2, 0.25) is 5.91 Å². The fourth-order valence-electron chi connectivity index (χ4n) is 4.46. The monoisotopic (exact) mass is 502 g/mol. The van der Waals surface area contributed by atoms with E-state index in [0.29, 0.717) is 18.1 Å². The maximum absolute atomic E-state index is 14.2. The van der Waals surface area contributed by atoms with Gasteiger partial charge in [0.1, 0.15) is 23.2 Å². The number of piperidine rings is 1. The highest BCUT2D eigenvalue weighted by Crippen LogP contribution is 2.25. The molecule has 1 aliphatic heterocycles. The van der Waals surface area contributed by atoms with Crippen molar-refractivity contribution in [2.24, 2.45) is 5.92 Å². The van der Waals surface area contributed by atoms with Crippen LogP contribution in [0.3, 0.4) is 0 Å². The first-order valence-corrected chi connectivity index (χ1v) is 12.6. The minimum Gasteiger partial charge on any atom is -0.342 e. The molecule has 7 nitrogen and oxygen atoms in total. The summed E-state index contributed by atoms with van der Waals surface area (Å²) in [5.74, 6) is -1.74. The largest absolute Gasteiger partial charge is 0.342 e. The second-order valence-corrected chi connectivity index (χ2v) is 10.1. The van der Waals surface area contributed by atoms with Gasteiger partial charge in [0.25, 0.3) is 0 Å². The summed E-state index contributed by atoms with van der Waals surface area (Å²) in [4.78, 5) is 47.7. The van der Waals surface area contributed by atoms with Crippen LogP contribution in [0, 0.1) is 17.6 Å². The zero-order chi connectivity index (χ0) is 26.4. The smallest absolute Gasteiger partial charge is 0.224 e. The average Bonchev–Trinajstić information content (AvgIpc) is 3.31. The normalized spacial score (nSPS) is 17.8. The minimum atomic E-state index is -0.791. The first-order valence-electron chi connectivity index (χ1n) is 12.6. The number of benzene rings is 1. The molecular formula is C27H36F2N4O3. The van der Waals surface area contributed by atoms with E-state index in [0.717, 1.165) is 25.3 Å². The number of Topliss-reactive ketones (excluding diaryl/α,β-unsaturated/α-hetero) is 2. The zero-order valence-corrected chi connectivity index (χ0v) is 21.4. The van der Waals surface area contributed by atoms with E-state index in [1.54, 1.807) is 13.8 Å². The molecule has 0 bridgehead atoms. The van der Waals surface area contributed by atoms with Crippen LogP contribution in [-0.2, 0) is 14.4 Å². The molecule has 0 saturated carbocycles. The molecule has 3 atom stereocenters. The molecule has 2 heterocycles. The number of aromatic nitrogens is 2. The van der Waals surface area contributed by atoms with Crippen LogP contribution in [0.4, 0.5) is 8.78 Å². The fraction of sp³-hybridized carbons (Fsp3) is 0.556. The molecule has 0 spiro atoms. The van der Waals surface area contributed by atoms with Gasteiger partial charge in [-0.25, -0.2) is 13.8 Å². The van der Waals surface area contributed by atoms with E-state index in [4.69, 9.17) is 0 Å². The third kappa shape index (κ3) is 7.06. The third-order valence-corrected chi connectivity index (χ3v) is 6.85. The number of nitrogens with one attached hydrogen (secondary N) is 2. The van der Waals surface area contributed by atoms with E-state index in [2.05, 4.69) is 15.3 Å². The summed E-state index contributed by atoms with van der Waals surface area (Å²) in [5, 5.41) is 3.02. The van der Waals surface area contributed by atoms with Crippen molar-refractivity contribution in [3.8, 4) is 11.3 Å². The summed E-state index contributed by atoms with van der Waals surface area (Å²) in [6.07, 6.45) is 4.49.